The molecule has 19 heavy (non-hydrogen) atoms. The Morgan fingerprint density at radius 3 is 2.84 bits per heavy atom. The van der Waals surface area contributed by atoms with Crippen LogP contribution in [-0.4, -0.2) is 25.2 Å². The second-order valence-electron chi connectivity index (χ2n) is 6.19. The van der Waals surface area contributed by atoms with Crippen molar-refractivity contribution >= 4 is 0 Å². The summed E-state index contributed by atoms with van der Waals surface area (Å²) in [5.74, 6) is 0.965. The summed E-state index contributed by atoms with van der Waals surface area (Å²) in [6.45, 7) is 8.69. The zero-order chi connectivity index (χ0) is 13.9. The van der Waals surface area contributed by atoms with Gasteiger partial charge in [-0.05, 0) is 57.4 Å². The molecule has 2 N–H and O–H groups in total. The summed E-state index contributed by atoms with van der Waals surface area (Å²) in [6.07, 6.45) is 2.39. The van der Waals surface area contributed by atoms with Gasteiger partial charge in [-0.15, -0.1) is 0 Å². The highest BCUT2D eigenvalue weighted by atomic mass is 16.5. The van der Waals surface area contributed by atoms with Crippen molar-refractivity contribution in [1.82, 2.24) is 10.6 Å². The highest BCUT2D eigenvalue weighted by Gasteiger charge is 2.26. The van der Waals surface area contributed by atoms with Crippen molar-refractivity contribution < 1.29 is 4.74 Å². The Hall–Kier alpha value is -1.06. The summed E-state index contributed by atoms with van der Waals surface area (Å²) in [5.41, 5.74) is 2.79. The van der Waals surface area contributed by atoms with Gasteiger partial charge in [0, 0.05) is 18.1 Å². The molecule has 3 heteroatoms. The Morgan fingerprint density at radius 1 is 1.42 bits per heavy atom. The lowest BCUT2D eigenvalue weighted by atomic mass is 9.89. The van der Waals surface area contributed by atoms with E-state index in [0.717, 1.165) is 18.8 Å². The van der Waals surface area contributed by atoms with Crippen molar-refractivity contribution in [2.24, 2.45) is 0 Å². The van der Waals surface area contributed by atoms with Crippen molar-refractivity contribution in [1.29, 1.82) is 0 Å². The van der Waals surface area contributed by atoms with E-state index >= 15 is 0 Å². The van der Waals surface area contributed by atoms with Crippen LogP contribution in [0.4, 0.5) is 0 Å². The molecule has 0 bridgehead atoms. The van der Waals surface area contributed by atoms with E-state index in [1.807, 2.05) is 0 Å². The molecule has 1 aliphatic rings. The lowest BCUT2D eigenvalue weighted by Crippen LogP contribution is -2.51. The summed E-state index contributed by atoms with van der Waals surface area (Å²) in [4.78, 5) is 0. The summed E-state index contributed by atoms with van der Waals surface area (Å²) >= 11 is 0. The first kappa shape index (κ1) is 14.4. The third kappa shape index (κ3) is 3.95. The lowest BCUT2D eigenvalue weighted by molar-refractivity contribution is 0.247. The Kier molecular flexibility index (Phi) is 4.48. The van der Waals surface area contributed by atoms with Crippen LogP contribution in [0.25, 0.3) is 0 Å². The number of methoxy groups -OCH3 is 1. The number of benzene rings is 1. The molecule has 1 atom stereocenters. The fourth-order valence-electron chi connectivity index (χ4n) is 2.86. The van der Waals surface area contributed by atoms with Gasteiger partial charge in [-0.3, -0.25) is 0 Å². The molecule has 1 unspecified atom stereocenters. The standard InChI is InChI=1S/C16H26N2O/c1-12-9-13(5-6-15(12)19-4)11-17-14-7-8-18-16(2,3)10-14/h5-6,9,14,17-18H,7-8,10-11H2,1-4H3. The van der Waals surface area contributed by atoms with E-state index in [0.29, 0.717) is 6.04 Å². The normalized spacial score (nSPS) is 22.2. The minimum atomic E-state index is 0.256. The van der Waals surface area contributed by atoms with Crippen LogP contribution in [0.3, 0.4) is 0 Å². The topological polar surface area (TPSA) is 33.3 Å². The van der Waals surface area contributed by atoms with E-state index in [1.165, 1.54) is 24.0 Å². The number of nitrogens with one attached hydrogen (secondary N) is 2. The fourth-order valence-corrected chi connectivity index (χ4v) is 2.86. The SMILES string of the molecule is COc1ccc(CNC2CCNC(C)(C)C2)cc1C. The molecular weight excluding hydrogens is 236 g/mol. The zero-order valence-electron chi connectivity index (χ0n) is 12.5. The average Bonchev–Trinajstić information content (AvgIpc) is 2.35. The number of piperidine rings is 1. The van der Waals surface area contributed by atoms with Crippen LogP contribution in [-0.2, 0) is 6.54 Å². The molecule has 1 saturated heterocycles. The Morgan fingerprint density at radius 2 is 2.21 bits per heavy atom. The van der Waals surface area contributed by atoms with Crippen molar-refractivity contribution in [2.75, 3.05) is 13.7 Å². The van der Waals surface area contributed by atoms with Crippen LogP contribution in [0, 0.1) is 6.92 Å². The third-order valence-electron chi connectivity index (χ3n) is 3.91. The summed E-state index contributed by atoms with van der Waals surface area (Å²) in [5, 5.41) is 7.23. The Balaban J connectivity index is 1.90. The van der Waals surface area contributed by atoms with E-state index in [-0.39, 0.29) is 5.54 Å². The van der Waals surface area contributed by atoms with Gasteiger partial charge >= 0.3 is 0 Å². The maximum atomic E-state index is 5.29. The molecular formula is C16H26N2O. The molecule has 0 saturated carbocycles. The second kappa shape index (κ2) is 5.93. The minimum Gasteiger partial charge on any atom is -0.496 e. The molecule has 0 aromatic heterocycles. The summed E-state index contributed by atoms with van der Waals surface area (Å²) in [6, 6.07) is 7.01. The molecule has 0 aliphatic carbocycles. The van der Waals surface area contributed by atoms with Gasteiger partial charge < -0.3 is 15.4 Å². The monoisotopic (exact) mass is 262 g/mol. The summed E-state index contributed by atoms with van der Waals surface area (Å²) in [7, 11) is 1.72. The van der Waals surface area contributed by atoms with Gasteiger partial charge in [0.1, 0.15) is 5.75 Å². The quantitative estimate of drug-likeness (QED) is 0.875. The van der Waals surface area contributed by atoms with Crippen molar-refractivity contribution in [3.8, 4) is 5.75 Å². The van der Waals surface area contributed by atoms with Gasteiger partial charge in [-0.1, -0.05) is 12.1 Å². The van der Waals surface area contributed by atoms with Gasteiger partial charge in [0.2, 0.25) is 0 Å². The van der Waals surface area contributed by atoms with Crippen molar-refractivity contribution in [3.63, 3.8) is 0 Å². The molecule has 3 nitrogen and oxygen atoms in total. The van der Waals surface area contributed by atoms with Crippen molar-refractivity contribution in [3.05, 3.63) is 29.3 Å². The lowest BCUT2D eigenvalue weighted by Gasteiger charge is -2.37. The maximum absolute atomic E-state index is 5.29. The van der Waals surface area contributed by atoms with Crippen LogP contribution in [0.1, 0.15) is 37.8 Å². The van der Waals surface area contributed by atoms with Crippen LogP contribution < -0.4 is 15.4 Å². The number of aryl methyl sites for hydroxylation is 1. The zero-order valence-corrected chi connectivity index (χ0v) is 12.5. The van der Waals surface area contributed by atoms with Crippen LogP contribution in [0.5, 0.6) is 5.75 Å². The first-order chi connectivity index (χ1) is 9.00. The molecule has 106 valence electrons. The van der Waals surface area contributed by atoms with Crippen LogP contribution in [0.15, 0.2) is 18.2 Å². The highest BCUT2D eigenvalue weighted by molar-refractivity contribution is 5.36. The van der Waals surface area contributed by atoms with Crippen LogP contribution in [0.2, 0.25) is 0 Å². The van der Waals surface area contributed by atoms with Gasteiger partial charge in [-0.25, -0.2) is 0 Å². The smallest absolute Gasteiger partial charge is 0.121 e. The predicted octanol–water partition coefficient (Wildman–Crippen LogP) is 2.62. The number of ether oxygens (including phenoxy) is 1. The van der Waals surface area contributed by atoms with Gasteiger partial charge in [-0.2, -0.15) is 0 Å². The van der Waals surface area contributed by atoms with Gasteiger partial charge in [0.25, 0.3) is 0 Å². The predicted molar refractivity (Wildman–Crippen MR) is 79.7 cm³/mol. The van der Waals surface area contributed by atoms with E-state index in [9.17, 15) is 0 Å². The first-order valence-electron chi connectivity index (χ1n) is 7.12. The van der Waals surface area contributed by atoms with Gasteiger partial charge in [0.05, 0.1) is 7.11 Å². The molecule has 1 aliphatic heterocycles. The average molecular weight is 262 g/mol. The molecule has 0 radical (unpaired) electrons. The number of hydrogen-bond donors (Lipinski definition) is 2. The van der Waals surface area contributed by atoms with E-state index in [1.54, 1.807) is 7.11 Å². The molecule has 1 aromatic rings. The van der Waals surface area contributed by atoms with E-state index in [4.69, 9.17) is 4.74 Å². The Bertz CT molecular complexity index is 429. The van der Waals surface area contributed by atoms with E-state index in [2.05, 4.69) is 49.6 Å². The maximum Gasteiger partial charge on any atom is 0.121 e. The fraction of sp³-hybridized carbons (Fsp3) is 0.625. The van der Waals surface area contributed by atoms with Gasteiger partial charge in [0.15, 0.2) is 0 Å². The molecule has 1 aromatic carbocycles. The third-order valence-corrected chi connectivity index (χ3v) is 3.91. The Labute approximate surface area is 116 Å². The molecule has 0 amide bonds. The minimum absolute atomic E-state index is 0.256. The molecule has 2 rings (SSSR count). The number of hydrogen-bond acceptors (Lipinski definition) is 3. The van der Waals surface area contributed by atoms with Crippen LogP contribution >= 0.6 is 0 Å². The summed E-state index contributed by atoms with van der Waals surface area (Å²) < 4.78 is 5.29. The number of rotatable bonds is 4. The molecule has 1 fully saturated rings. The molecule has 1 heterocycles. The largest absolute Gasteiger partial charge is 0.496 e. The highest BCUT2D eigenvalue weighted by Crippen LogP contribution is 2.20. The second-order valence-corrected chi connectivity index (χ2v) is 6.19. The van der Waals surface area contributed by atoms with Crippen molar-refractivity contribution in [2.45, 2.75) is 51.7 Å². The molecule has 0 spiro atoms. The van der Waals surface area contributed by atoms with E-state index < -0.39 is 0 Å². The first-order valence-corrected chi connectivity index (χ1v) is 7.12.